The van der Waals surface area contributed by atoms with Crippen molar-refractivity contribution in [3.05, 3.63) is 57.3 Å². The van der Waals surface area contributed by atoms with Gasteiger partial charge in [-0.05, 0) is 25.1 Å². The highest BCUT2D eigenvalue weighted by Crippen LogP contribution is 2.27. The van der Waals surface area contributed by atoms with E-state index in [1.54, 1.807) is 19.1 Å². The van der Waals surface area contributed by atoms with Gasteiger partial charge in [-0.25, -0.2) is 4.98 Å². The fourth-order valence-corrected chi connectivity index (χ4v) is 2.09. The summed E-state index contributed by atoms with van der Waals surface area (Å²) in [6.07, 6.45) is 2.77. The number of halogens is 1. The highest BCUT2D eigenvalue weighted by atomic mass is 35.5. The maximum absolute atomic E-state index is 12.5. The third-order valence-electron chi connectivity index (χ3n) is 2.89. The van der Waals surface area contributed by atoms with Crippen LogP contribution in [0.25, 0.3) is 0 Å². The van der Waals surface area contributed by atoms with Gasteiger partial charge in [-0.2, -0.15) is 0 Å². The van der Waals surface area contributed by atoms with Gasteiger partial charge in [0.15, 0.2) is 0 Å². The van der Waals surface area contributed by atoms with E-state index in [9.17, 15) is 14.9 Å². The van der Waals surface area contributed by atoms with Crippen LogP contribution in [-0.2, 0) is 6.54 Å². The van der Waals surface area contributed by atoms with Crippen molar-refractivity contribution in [2.75, 3.05) is 6.54 Å². The predicted octanol–water partition coefficient (Wildman–Crippen LogP) is 2.90. The molecule has 0 spiro atoms. The molecule has 7 nitrogen and oxygen atoms in total. The Bertz CT molecular complexity index is 657. The van der Waals surface area contributed by atoms with Gasteiger partial charge in [0.05, 0.1) is 17.7 Å². The molecule has 21 heavy (non-hydrogen) atoms. The van der Waals surface area contributed by atoms with Crippen LogP contribution in [0.3, 0.4) is 0 Å². The summed E-state index contributed by atoms with van der Waals surface area (Å²) >= 11 is 5.72. The Kier molecular flexibility index (Phi) is 4.54. The van der Waals surface area contributed by atoms with Crippen molar-refractivity contribution in [2.45, 2.75) is 13.5 Å². The van der Waals surface area contributed by atoms with Crippen molar-refractivity contribution >= 4 is 23.2 Å². The molecule has 0 bridgehead atoms. The molecule has 110 valence electrons. The van der Waals surface area contributed by atoms with Crippen molar-refractivity contribution in [3.8, 4) is 0 Å². The van der Waals surface area contributed by atoms with Crippen LogP contribution in [0.1, 0.15) is 23.0 Å². The Hall–Kier alpha value is -2.41. The monoisotopic (exact) mass is 309 g/mol. The fraction of sp³-hybridized carbons (Fsp3) is 0.231. The molecule has 2 aromatic heterocycles. The van der Waals surface area contributed by atoms with Gasteiger partial charge < -0.3 is 9.32 Å². The number of rotatable bonds is 5. The molecule has 0 N–H and O–H groups in total. The number of amides is 1. The first-order valence-electron chi connectivity index (χ1n) is 6.15. The molecule has 0 unspecified atom stereocenters. The van der Waals surface area contributed by atoms with Crippen molar-refractivity contribution in [3.63, 3.8) is 0 Å². The van der Waals surface area contributed by atoms with Gasteiger partial charge in [0.25, 0.3) is 5.91 Å². The number of pyridine rings is 1. The molecule has 8 heteroatoms. The van der Waals surface area contributed by atoms with E-state index in [2.05, 4.69) is 4.98 Å². The Balaban J connectivity index is 2.34. The molecule has 0 aromatic carbocycles. The SMILES string of the molecule is CCN(Cc1ccco1)C(=O)c1ccnc(Cl)c1[N+](=O)[O-]. The minimum Gasteiger partial charge on any atom is -0.467 e. The van der Waals surface area contributed by atoms with Crippen LogP contribution >= 0.6 is 11.6 Å². The first kappa shape index (κ1) is 15.0. The molecule has 0 saturated carbocycles. The zero-order valence-electron chi connectivity index (χ0n) is 11.2. The van der Waals surface area contributed by atoms with Crippen LogP contribution in [-0.4, -0.2) is 27.3 Å². The average molecular weight is 310 g/mol. The third-order valence-corrected chi connectivity index (χ3v) is 3.16. The normalized spacial score (nSPS) is 10.4. The number of hydrogen-bond acceptors (Lipinski definition) is 5. The van der Waals surface area contributed by atoms with Crippen LogP contribution in [0.4, 0.5) is 5.69 Å². The van der Waals surface area contributed by atoms with Crippen LogP contribution in [0, 0.1) is 10.1 Å². The number of carbonyl (C=O) groups excluding carboxylic acids is 1. The lowest BCUT2D eigenvalue weighted by Crippen LogP contribution is -2.30. The number of furan rings is 1. The first-order valence-corrected chi connectivity index (χ1v) is 6.53. The van der Waals surface area contributed by atoms with Crippen LogP contribution in [0.15, 0.2) is 35.1 Å². The minimum absolute atomic E-state index is 0.0894. The summed E-state index contributed by atoms with van der Waals surface area (Å²) in [6, 6.07) is 4.72. The van der Waals surface area contributed by atoms with Crippen LogP contribution in [0.2, 0.25) is 5.15 Å². The molecule has 2 heterocycles. The lowest BCUT2D eigenvalue weighted by molar-refractivity contribution is -0.385. The lowest BCUT2D eigenvalue weighted by atomic mass is 10.2. The minimum atomic E-state index is -0.705. The Morgan fingerprint density at radius 1 is 1.52 bits per heavy atom. The van der Waals surface area contributed by atoms with E-state index in [0.717, 1.165) is 0 Å². The maximum atomic E-state index is 12.5. The molecule has 0 aliphatic carbocycles. The second-order valence-electron chi connectivity index (χ2n) is 4.15. The Morgan fingerprint density at radius 3 is 2.86 bits per heavy atom. The number of nitrogens with zero attached hydrogens (tertiary/aromatic N) is 3. The van der Waals surface area contributed by atoms with Gasteiger partial charge in [-0.3, -0.25) is 14.9 Å². The summed E-state index contributed by atoms with van der Waals surface area (Å²) in [6.45, 7) is 2.37. The number of nitro groups is 1. The lowest BCUT2D eigenvalue weighted by Gasteiger charge is -2.19. The fourth-order valence-electron chi connectivity index (χ4n) is 1.86. The smallest absolute Gasteiger partial charge is 0.319 e. The molecule has 0 aliphatic heterocycles. The largest absolute Gasteiger partial charge is 0.467 e. The summed E-state index contributed by atoms with van der Waals surface area (Å²) < 4.78 is 5.19. The number of aromatic nitrogens is 1. The Morgan fingerprint density at radius 2 is 2.29 bits per heavy atom. The standard InChI is InChI=1S/C13H12ClN3O4/c1-2-16(8-9-4-3-7-21-9)13(18)10-5-6-15-12(14)11(10)17(19)20/h3-7H,2,8H2,1H3. The van der Waals surface area contributed by atoms with E-state index in [0.29, 0.717) is 12.3 Å². The predicted molar refractivity (Wildman–Crippen MR) is 75.0 cm³/mol. The zero-order chi connectivity index (χ0) is 15.4. The van der Waals surface area contributed by atoms with Crippen molar-refractivity contribution in [2.24, 2.45) is 0 Å². The van der Waals surface area contributed by atoms with E-state index >= 15 is 0 Å². The zero-order valence-corrected chi connectivity index (χ0v) is 11.9. The molecular weight excluding hydrogens is 298 g/mol. The molecule has 2 rings (SSSR count). The summed E-state index contributed by atoms with van der Waals surface area (Å²) in [5.41, 5.74) is -0.574. The van der Waals surface area contributed by atoms with Crippen molar-refractivity contribution < 1.29 is 14.1 Å². The third kappa shape index (κ3) is 3.19. The van der Waals surface area contributed by atoms with Crippen molar-refractivity contribution in [1.29, 1.82) is 0 Å². The van der Waals surface area contributed by atoms with Crippen LogP contribution in [0.5, 0.6) is 0 Å². The van der Waals surface area contributed by atoms with Gasteiger partial charge >= 0.3 is 5.69 Å². The summed E-state index contributed by atoms with van der Waals surface area (Å²) in [4.78, 5) is 27.9. The van der Waals surface area contributed by atoms with E-state index in [1.165, 1.54) is 23.4 Å². The van der Waals surface area contributed by atoms with Crippen LogP contribution < -0.4 is 0 Å². The van der Waals surface area contributed by atoms with E-state index in [4.69, 9.17) is 16.0 Å². The molecule has 0 saturated heterocycles. The summed E-state index contributed by atoms with van der Waals surface area (Å²) in [5.74, 6) is 0.0953. The topological polar surface area (TPSA) is 89.5 Å². The number of hydrogen-bond donors (Lipinski definition) is 0. The molecule has 2 aromatic rings. The maximum Gasteiger partial charge on any atom is 0.319 e. The quantitative estimate of drug-likeness (QED) is 0.481. The molecule has 0 atom stereocenters. The van der Waals surface area contributed by atoms with Gasteiger partial charge in [-0.15, -0.1) is 0 Å². The van der Waals surface area contributed by atoms with Crippen molar-refractivity contribution in [1.82, 2.24) is 9.88 Å². The van der Waals surface area contributed by atoms with Gasteiger partial charge in [-0.1, -0.05) is 11.6 Å². The van der Waals surface area contributed by atoms with E-state index < -0.39 is 16.5 Å². The molecule has 0 aliphatic rings. The number of carbonyl (C=O) groups is 1. The van der Waals surface area contributed by atoms with E-state index in [1.807, 2.05) is 0 Å². The van der Waals surface area contributed by atoms with Gasteiger partial charge in [0, 0.05) is 12.7 Å². The Labute approximate surface area is 125 Å². The second-order valence-corrected chi connectivity index (χ2v) is 4.51. The molecule has 0 radical (unpaired) electrons. The average Bonchev–Trinajstić information content (AvgIpc) is 2.96. The molecular formula is C13H12ClN3O4. The van der Waals surface area contributed by atoms with Gasteiger partial charge in [0.1, 0.15) is 11.3 Å². The highest BCUT2D eigenvalue weighted by molar-refractivity contribution is 6.32. The molecule has 1 amide bonds. The first-order chi connectivity index (χ1) is 10.0. The van der Waals surface area contributed by atoms with Gasteiger partial charge in [0.2, 0.25) is 5.15 Å². The highest BCUT2D eigenvalue weighted by Gasteiger charge is 2.28. The second kappa shape index (κ2) is 6.36. The molecule has 0 fully saturated rings. The summed E-state index contributed by atoms with van der Waals surface area (Å²) in [7, 11) is 0. The van der Waals surface area contributed by atoms with E-state index in [-0.39, 0.29) is 17.3 Å². The summed E-state index contributed by atoms with van der Waals surface area (Å²) in [5, 5.41) is 10.8.